The zero-order valence-electron chi connectivity index (χ0n) is 7.42. The maximum Gasteiger partial charge on any atom is 0.335 e. The molecule has 1 aromatic carbocycles. The van der Waals surface area contributed by atoms with E-state index in [4.69, 9.17) is 5.11 Å². The molecule has 1 N–H and O–H groups in total. The van der Waals surface area contributed by atoms with E-state index in [1.54, 1.807) is 12.1 Å². The van der Waals surface area contributed by atoms with E-state index in [0.717, 1.165) is 0 Å². The summed E-state index contributed by atoms with van der Waals surface area (Å²) in [6.45, 7) is 0. The molecule has 1 aliphatic rings. The molecule has 0 atom stereocenters. The quantitative estimate of drug-likeness (QED) is 0.730. The SMILES string of the molecule is O=C(O)c1ccc([SH]2C=CC=C2)cc1. The van der Waals surface area contributed by atoms with Gasteiger partial charge in [0.1, 0.15) is 0 Å². The van der Waals surface area contributed by atoms with Crippen LogP contribution in [0.15, 0.2) is 52.1 Å². The lowest BCUT2D eigenvalue weighted by molar-refractivity contribution is 0.0697. The molecular weight excluding hydrogens is 196 g/mol. The van der Waals surface area contributed by atoms with E-state index in [2.05, 4.69) is 10.8 Å². The van der Waals surface area contributed by atoms with E-state index in [1.807, 2.05) is 24.3 Å². The van der Waals surface area contributed by atoms with Crippen LogP contribution in [0, 0.1) is 0 Å². The highest BCUT2D eigenvalue weighted by atomic mass is 32.2. The Hall–Kier alpha value is -1.48. The van der Waals surface area contributed by atoms with Gasteiger partial charge in [-0.05, 0) is 40.0 Å². The summed E-state index contributed by atoms with van der Waals surface area (Å²) in [6, 6.07) is 7.07. The molecule has 0 bridgehead atoms. The van der Waals surface area contributed by atoms with E-state index in [1.165, 1.54) is 4.90 Å². The van der Waals surface area contributed by atoms with Crippen LogP contribution in [0.25, 0.3) is 0 Å². The highest BCUT2D eigenvalue weighted by Gasteiger charge is 2.05. The van der Waals surface area contributed by atoms with Crippen LogP contribution in [0.1, 0.15) is 10.4 Å². The van der Waals surface area contributed by atoms with Gasteiger partial charge >= 0.3 is 5.97 Å². The van der Waals surface area contributed by atoms with Crippen molar-refractivity contribution in [3.63, 3.8) is 0 Å². The fourth-order valence-corrected chi connectivity index (χ4v) is 2.79. The smallest absolute Gasteiger partial charge is 0.335 e. The van der Waals surface area contributed by atoms with Crippen molar-refractivity contribution < 1.29 is 9.90 Å². The lowest BCUT2D eigenvalue weighted by Crippen LogP contribution is -1.94. The van der Waals surface area contributed by atoms with Crippen molar-refractivity contribution in [1.82, 2.24) is 0 Å². The summed E-state index contributed by atoms with van der Waals surface area (Å²) in [7, 11) is -0.326. The molecule has 14 heavy (non-hydrogen) atoms. The van der Waals surface area contributed by atoms with Gasteiger partial charge in [0.05, 0.1) is 5.56 Å². The van der Waals surface area contributed by atoms with E-state index >= 15 is 0 Å². The Balaban J connectivity index is 2.25. The summed E-state index contributed by atoms with van der Waals surface area (Å²) in [5, 5.41) is 13.0. The zero-order valence-corrected chi connectivity index (χ0v) is 8.32. The summed E-state index contributed by atoms with van der Waals surface area (Å²) in [6.07, 6.45) is 4.05. The van der Waals surface area contributed by atoms with Crippen LogP contribution < -0.4 is 0 Å². The highest BCUT2D eigenvalue weighted by molar-refractivity contribution is 8.22. The van der Waals surface area contributed by atoms with E-state index in [0.29, 0.717) is 5.56 Å². The first-order valence-electron chi connectivity index (χ1n) is 4.24. The van der Waals surface area contributed by atoms with Gasteiger partial charge in [-0.25, -0.2) is 4.79 Å². The molecule has 0 aliphatic carbocycles. The Bertz CT molecular complexity index is 392. The maximum absolute atomic E-state index is 10.6. The third-order valence-corrected chi connectivity index (χ3v) is 3.90. The molecule has 0 fully saturated rings. The molecule has 2 nitrogen and oxygen atoms in total. The number of allylic oxidation sites excluding steroid dienone is 2. The Kier molecular flexibility index (Phi) is 2.41. The van der Waals surface area contributed by atoms with Crippen LogP contribution in [0.2, 0.25) is 0 Å². The molecular formula is C11H10O2S. The predicted octanol–water partition coefficient (Wildman–Crippen LogP) is 2.79. The Morgan fingerprint density at radius 2 is 1.64 bits per heavy atom. The average molecular weight is 206 g/mol. The molecule has 0 radical (unpaired) electrons. The number of carbonyl (C=O) groups is 1. The summed E-state index contributed by atoms with van der Waals surface area (Å²) in [5.41, 5.74) is 0.343. The fraction of sp³-hybridized carbons (Fsp3) is 0. The molecule has 1 heterocycles. The van der Waals surface area contributed by atoms with Crippen molar-refractivity contribution in [2.45, 2.75) is 4.90 Å². The molecule has 0 saturated carbocycles. The first-order valence-corrected chi connectivity index (χ1v) is 5.72. The van der Waals surface area contributed by atoms with Gasteiger partial charge in [-0.2, -0.15) is 10.9 Å². The van der Waals surface area contributed by atoms with Gasteiger partial charge in [-0.1, -0.05) is 12.2 Å². The fourth-order valence-electron chi connectivity index (χ4n) is 1.28. The third-order valence-electron chi connectivity index (χ3n) is 2.02. The predicted molar refractivity (Wildman–Crippen MR) is 58.9 cm³/mol. The molecule has 0 unspecified atom stereocenters. The second-order valence-corrected chi connectivity index (χ2v) is 4.87. The number of thiol groups is 1. The van der Waals surface area contributed by atoms with Crippen LogP contribution in [0.3, 0.4) is 0 Å². The first-order chi connectivity index (χ1) is 6.77. The number of aromatic carboxylic acids is 1. The summed E-state index contributed by atoms with van der Waals surface area (Å²) >= 11 is 0. The maximum atomic E-state index is 10.6. The number of rotatable bonds is 2. The Morgan fingerprint density at radius 1 is 1.07 bits per heavy atom. The van der Waals surface area contributed by atoms with Crippen molar-refractivity contribution in [1.29, 1.82) is 0 Å². The lowest BCUT2D eigenvalue weighted by atomic mass is 10.2. The van der Waals surface area contributed by atoms with Crippen LogP contribution in [0.4, 0.5) is 0 Å². The van der Waals surface area contributed by atoms with Crippen LogP contribution in [0.5, 0.6) is 0 Å². The summed E-state index contributed by atoms with van der Waals surface area (Å²) < 4.78 is 0. The van der Waals surface area contributed by atoms with Gasteiger partial charge in [0.25, 0.3) is 0 Å². The third kappa shape index (κ3) is 1.72. The number of benzene rings is 1. The monoisotopic (exact) mass is 206 g/mol. The molecule has 0 amide bonds. The molecule has 0 aromatic heterocycles. The minimum atomic E-state index is -0.873. The largest absolute Gasteiger partial charge is 0.478 e. The van der Waals surface area contributed by atoms with Crippen molar-refractivity contribution >= 4 is 16.9 Å². The van der Waals surface area contributed by atoms with Crippen LogP contribution in [-0.2, 0) is 0 Å². The second kappa shape index (κ2) is 3.72. The molecule has 1 aliphatic heterocycles. The van der Waals surface area contributed by atoms with E-state index in [-0.39, 0.29) is 10.9 Å². The molecule has 3 heteroatoms. The number of carboxylic acids is 1. The standard InChI is InChI=1S/C11H10O2S/c12-11(13)9-3-5-10(6-4-9)14-7-1-2-8-14/h1-8,14H,(H,12,13). The first kappa shape index (κ1) is 9.09. The highest BCUT2D eigenvalue weighted by Crippen LogP contribution is 2.41. The zero-order chi connectivity index (χ0) is 9.97. The van der Waals surface area contributed by atoms with Gasteiger partial charge in [0, 0.05) is 0 Å². The number of hydrogen-bond acceptors (Lipinski definition) is 1. The summed E-state index contributed by atoms with van der Waals surface area (Å²) in [4.78, 5) is 11.8. The minimum Gasteiger partial charge on any atom is -0.478 e. The lowest BCUT2D eigenvalue weighted by Gasteiger charge is -2.09. The van der Waals surface area contributed by atoms with Gasteiger partial charge in [-0.3, -0.25) is 0 Å². The second-order valence-electron chi connectivity index (χ2n) is 2.94. The average Bonchev–Trinajstić information content (AvgIpc) is 2.71. The van der Waals surface area contributed by atoms with Crippen molar-refractivity contribution in [3.05, 3.63) is 52.8 Å². The molecule has 2 rings (SSSR count). The molecule has 1 aromatic rings. The topological polar surface area (TPSA) is 37.3 Å². The van der Waals surface area contributed by atoms with Crippen molar-refractivity contribution in [2.75, 3.05) is 0 Å². The Morgan fingerprint density at radius 3 is 2.14 bits per heavy atom. The van der Waals surface area contributed by atoms with Crippen LogP contribution in [-0.4, -0.2) is 11.1 Å². The molecule has 72 valence electrons. The van der Waals surface area contributed by atoms with E-state index in [9.17, 15) is 4.79 Å². The van der Waals surface area contributed by atoms with Crippen molar-refractivity contribution in [3.8, 4) is 0 Å². The number of carboxylic acid groups (broad SMARTS) is 1. The van der Waals surface area contributed by atoms with Crippen molar-refractivity contribution in [2.24, 2.45) is 0 Å². The molecule has 0 spiro atoms. The van der Waals surface area contributed by atoms with Gasteiger partial charge < -0.3 is 5.11 Å². The van der Waals surface area contributed by atoms with Gasteiger partial charge in [-0.15, -0.1) is 0 Å². The molecule has 0 saturated heterocycles. The Labute approximate surface area is 84.9 Å². The summed E-state index contributed by atoms with van der Waals surface area (Å²) in [5.74, 6) is -0.873. The van der Waals surface area contributed by atoms with Gasteiger partial charge in [0.15, 0.2) is 0 Å². The minimum absolute atomic E-state index is 0.326. The van der Waals surface area contributed by atoms with Gasteiger partial charge in [0.2, 0.25) is 0 Å². The van der Waals surface area contributed by atoms with Crippen LogP contribution >= 0.6 is 10.9 Å². The normalized spacial score (nSPS) is 16.1. The van der Waals surface area contributed by atoms with E-state index < -0.39 is 5.97 Å². The number of hydrogen-bond donors (Lipinski definition) is 2.